The molecular formula is C38H49F3N4O. The van der Waals surface area contributed by atoms with Gasteiger partial charge in [-0.2, -0.15) is 0 Å². The maximum absolute atomic E-state index is 15.1. The van der Waals surface area contributed by atoms with Crippen LogP contribution in [-0.2, 0) is 23.2 Å². The van der Waals surface area contributed by atoms with Gasteiger partial charge in [0.05, 0.1) is 0 Å². The van der Waals surface area contributed by atoms with E-state index in [2.05, 4.69) is 33.6 Å². The molecule has 8 heteroatoms. The molecular weight excluding hydrogens is 585 g/mol. The summed E-state index contributed by atoms with van der Waals surface area (Å²) >= 11 is 0. The summed E-state index contributed by atoms with van der Waals surface area (Å²) in [5.74, 6) is 1.40. The van der Waals surface area contributed by atoms with Gasteiger partial charge in [-0.05, 0) is 98.8 Å². The van der Waals surface area contributed by atoms with Gasteiger partial charge < -0.3 is 14.4 Å². The lowest BCUT2D eigenvalue weighted by Gasteiger charge is -2.52. The molecule has 0 bridgehead atoms. The number of carbonyl (C=O) groups is 1. The van der Waals surface area contributed by atoms with Crippen molar-refractivity contribution in [1.29, 1.82) is 0 Å². The van der Waals surface area contributed by atoms with E-state index in [1.807, 2.05) is 24.1 Å². The van der Waals surface area contributed by atoms with Crippen molar-refractivity contribution in [2.75, 3.05) is 37.6 Å². The first-order valence-corrected chi connectivity index (χ1v) is 17.4. The zero-order chi connectivity index (χ0) is 32.4. The Morgan fingerprint density at radius 2 is 1.74 bits per heavy atom. The fraction of sp³-hybridized carbons (Fsp3) is 0.579. The monoisotopic (exact) mass is 634 g/mol. The van der Waals surface area contributed by atoms with Crippen LogP contribution in [0.1, 0.15) is 75.7 Å². The van der Waals surface area contributed by atoms with Crippen LogP contribution < -0.4 is 4.90 Å². The number of hydrogen-bond donors (Lipinski definition) is 0. The molecule has 6 rings (SSSR count). The second kappa shape index (κ2) is 13.9. The number of anilines is 1. The average molecular weight is 635 g/mol. The molecule has 1 saturated carbocycles. The highest BCUT2D eigenvalue weighted by atomic mass is 19.1. The van der Waals surface area contributed by atoms with Crippen LogP contribution >= 0.6 is 0 Å². The molecule has 0 radical (unpaired) electrons. The zero-order valence-corrected chi connectivity index (χ0v) is 27.7. The van der Waals surface area contributed by atoms with Crippen molar-refractivity contribution in [2.45, 2.75) is 84.1 Å². The molecule has 1 aromatic heterocycles. The molecule has 3 heterocycles. The minimum absolute atomic E-state index is 0.0963. The molecule has 3 aromatic rings. The van der Waals surface area contributed by atoms with Gasteiger partial charge in [-0.25, -0.2) is 18.2 Å². The first kappa shape index (κ1) is 32.8. The molecule has 5 nitrogen and oxygen atoms in total. The topological polar surface area (TPSA) is 41.4 Å². The van der Waals surface area contributed by atoms with E-state index in [9.17, 15) is 13.6 Å². The summed E-state index contributed by atoms with van der Waals surface area (Å²) in [5.41, 5.74) is 1.41. The summed E-state index contributed by atoms with van der Waals surface area (Å²) in [4.78, 5) is 21.8. The summed E-state index contributed by atoms with van der Waals surface area (Å²) in [6.45, 7) is 10.6. The van der Waals surface area contributed by atoms with Crippen LogP contribution in [0.2, 0.25) is 0 Å². The molecule has 1 aliphatic carbocycles. The third-order valence-corrected chi connectivity index (χ3v) is 11.4. The van der Waals surface area contributed by atoms with Gasteiger partial charge in [0.2, 0.25) is 0 Å². The van der Waals surface area contributed by atoms with Crippen molar-refractivity contribution in [3.8, 4) is 0 Å². The van der Waals surface area contributed by atoms with E-state index < -0.39 is 11.6 Å². The van der Waals surface area contributed by atoms with Crippen LogP contribution in [0.4, 0.5) is 18.9 Å². The Labute approximate surface area is 272 Å². The van der Waals surface area contributed by atoms with Gasteiger partial charge in [-0.15, -0.1) is 0 Å². The van der Waals surface area contributed by atoms with E-state index in [-0.39, 0.29) is 28.8 Å². The average Bonchev–Trinajstić information content (AvgIpc) is 3.67. The predicted octanol–water partition coefficient (Wildman–Crippen LogP) is 7.74. The van der Waals surface area contributed by atoms with Crippen molar-refractivity contribution >= 4 is 11.5 Å². The highest BCUT2D eigenvalue weighted by Crippen LogP contribution is 2.54. The first-order valence-electron chi connectivity index (χ1n) is 17.4. The van der Waals surface area contributed by atoms with E-state index in [1.165, 1.54) is 18.2 Å². The third kappa shape index (κ3) is 6.51. The van der Waals surface area contributed by atoms with Crippen molar-refractivity contribution in [1.82, 2.24) is 14.5 Å². The van der Waals surface area contributed by atoms with Crippen molar-refractivity contribution in [3.05, 3.63) is 83.2 Å². The molecule has 2 aromatic carbocycles. The number of imidazole rings is 1. The van der Waals surface area contributed by atoms with E-state index in [4.69, 9.17) is 0 Å². The van der Waals surface area contributed by atoms with Crippen molar-refractivity contribution in [2.24, 2.45) is 23.7 Å². The van der Waals surface area contributed by atoms with Crippen LogP contribution in [0.15, 0.2) is 48.8 Å². The third-order valence-electron chi connectivity index (χ3n) is 11.4. The summed E-state index contributed by atoms with van der Waals surface area (Å²) in [7, 11) is 0. The van der Waals surface area contributed by atoms with Gasteiger partial charge in [0.1, 0.15) is 34.7 Å². The van der Waals surface area contributed by atoms with Gasteiger partial charge in [0.15, 0.2) is 0 Å². The normalized spacial score (nSPS) is 22.6. The van der Waals surface area contributed by atoms with Crippen molar-refractivity contribution in [3.63, 3.8) is 0 Å². The molecule has 0 N–H and O–H groups in total. The smallest absolute Gasteiger partial charge is 0.149 e. The van der Waals surface area contributed by atoms with Crippen LogP contribution in [0, 0.1) is 48.0 Å². The van der Waals surface area contributed by atoms with E-state index in [0.29, 0.717) is 49.1 Å². The molecule has 3 atom stereocenters. The molecule has 248 valence electrons. The number of rotatable bonds is 12. The number of Topliss-reactive ketones (excluding diaryl/α,β-unsaturated/α-hetero) is 1. The Morgan fingerprint density at radius 3 is 2.41 bits per heavy atom. The Morgan fingerprint density at radius 1 is 1.00 bits per heavy atom. The van der Waals surface area contributed by atoms with Crippen molar-refractivity contribution < 1.29 is 18.0 Å². The van der Waals surface area contributed by atoms with Gasteiger partial charge in [0.25, 0.3) is 0 Å². The maximum Gasteiger partial charge on any atom is 0.149 e. The fourth-order valence-corrected chi connectivity index (χ4v) is 9.20. The summed E-state index contributed by atoms with van der Waals surface area (Å²) in [5, 5.41) is 0. The van der Waals surface area contributed by atoms with Crippen LogP contribution in [0.25, 0.3) is 0 Å². The molecule has 0 spiro atoms. The Hall–Kier alpha value is -3.13. The highest BCUT2D eigenvalue weighted by molar-refractivity contribution is 5.78. The number of aromatic nitrogens is 2. The largest absolute Gasteiger partial charge is 0.366 e. The summed E-state index contributed by atoms with van der Waals surface area (Å²) < 4.78 is 46.5. The van der Waals surface area contributed by atoms with E-state index in [0.717, 1.165) is 76.1 Å². The van der Waals surface area contributed by atoms with Crippen LogP contribution in [0.3, 0.4) is 0 Å². The van der Waals surface area contributed by atoms with Gasteiger partial charge in [-0.1, -0.05) is 32.4 Å². The van der Waals surface area contributed by atoms with E-state index >= 15 is 4.39 Å². The SMILES string of the molecule is CCC(=O)C[C@H]1CCC[C@@H]1[C@](Cn1ccnc1CC)(c1cccc(F)c1)C1CCN(CC2CN(c3c(F)cc(C)cc3F)C2)CC1. The molecule has 46 heavy (non-hydrogen) atoms. The number of carbonyl (C=O) groups excluding carboxylic acids is 1. The van der Waals surface area contributed by atoms with Gasteiger partial charge in [-0.3, -0.25) is 4.79 Å². The fourth-order valence-electron chi connectivity index (χ4n) is 9.20. The second-order valence-electron chi connectivity index (χ2n) is 14.2. The Bertz CT molecular complexity index is 1490. The first-order chi connectivity index (χ1) is 22.2. The molecule has 2 aliphatic heterocycles. The van der Waals surface area contributed by atoms with E-state index in [1.54, 1.807) is 13.0 Å². The number of aryl methyl sites for hydroxylation is 2. The zero-order valence-electron chi connectivity index (χ0n) is 27.7. The quantitative estimate of drug-likeness (QED) is 0.204. The lowest BCUT2D eigenvalue weighted by atomic mass is 9.56. The molecule has 0 unspecified atom stereocenters. The molecule has 2 saturated heterocycles. The van der Waals surface area contributed by atoms with Gasteiger partial charge >= 0.3 is 0 Å². The molecule has 3 fully saturated rings. The number of hydrogen-bond acceptors (Lipinski definition) is 4. The summed E-state index contributed by atoms with van der Waals surface area (Å²) in [6, 6.07) is 10.1. The minimum atomic E-state index is -0.486. The predicted molar refractivity (Wildman–Crippen MR) is 176 cm³/mol. The number of piperidine rings is 1. The highest BCUT2D eigenvalue weighted by Gasteiger charge is 2.52. The number of ketones is 1. The number of likely N-dealkylation sites (tertiary alicyclic amines) is 1. The summed E-state index contributed by atoms with van der Waals surface area (Å²) in [6.07, 6.45) is 11.1. The standard InChI is InChI=1S/C38H49F3N4O/c1-4-32(46)20-28-8-6-11-33(28)38(30-9-7-10-31(39)21-30,25-44-17-14-42-36(44)5-2)29-12-15-43(16-13-29)22-27-23-45(24-27)37-34(40)18-26(3)19-35(37)41/h7,9-10,14,17-19,21,27-29,33H,4-6,8,11-13,15-16,20,22-25H2,1-3H3/t28-,33+,38+/m1/s1. The lowest BCUT2D eigenvalue weighted by molar-refractivity contribution is -0.120. The second-order valence-corrected chi connectivity index (χ2v) is 14.2. The Balaban J connectivity index is 1.24. The Kier molecular flexibility index (Phi) is 9.93. The number of benzene rings is 2. The minimum Gasteiger partial charge on any atom is -0.366 e. The van der Waals surface area contributed by atoms with Crippen LogP contribution in [0.5, 0.6) is 0 Å². The van der Waals surface area contributed by atoms with Crippen LogP contribution in [-0.4, -0.2) is 53.0 Å². The maximum atomic E-state index is 15.1. The number of nitrogens with zero attached hydrogens (tertiary/aromatic N) is 4. The van der Waals surface area contributed by atoms with Gasteiger partial charge in [0, 0.05) is 69.2 Å². The lowest BCUT2D eigenvalue weighted by Crippen LogP contribution is -2.55. The molecule has 0 amide bonds. The molecule has 3 aliphatic rings. The number of halogens is 3.